The lowest BCUT2D eigenvalue weighted by Gasteiger charge is -2.16. The molecule has 0 aliphatic heterocycles. The zero-order valence-electron chi connectivity index (χ0n) is 11.2. The number of hydrogen-bond donors (Lipinski definition) is 1. The van der Waals surface area contributed by atoms with Gasteiger partial charge in [0.05, 0.1) is 10.0 Å². The van der Waals surface area contributed by atoms with Crippen LogP contribution in [0.15, 0.2) is 46.9 Å². The molecule has 0 amide bonds. The average molecular weight is 360 g/mol. The Morgan fingerprint density at radius 1 is 1.10 bits per heavy atom. The molecule has 112 valence electrons. The molecule has 1 N–H and O–H groups in total. The number of hydrogen-bond acceptors (Lipinski definition) is 2. The molecule has 0 unspecified atom stereocenters. The topological polar surface area (TPSA) is 21.3 Å². The van der Waals surface area contributed by atoms with Crippen molar-refractivity contribution in [3.05, 3.63) is 58.1 Å². The molecule has 0 fully saturated rings. The molecule has 0 bridgehead atoms. The summed E-state index contributed by atoms with van der Waals surface area (Å²) < 4.78 is 45.5. The lowest BCUT2D eigenvalue weighted by Crippen LogP contribution is -2.10. The minimum atomic E-state index is -4.47. The first-order valence-corrected chi connectivity index (χ1v) is 6.98. The van der Waals surface area contributed by atoms with E-state index in [9.17, 15) is 13.2 Å². The van der Waals surface area contributed by atoms with Crippen LogP contribution in [-0.4, -0.2) is 7.05 Å². The number of ether oxygens (including phenoxy) is 1. The van der Waals surface area contributed by atoms with Gasteiger partial charge in [-0.15, -0.1) is 0 Å². The summed E-state index contributed by atoms with van der Waals surface area (Å²) in [4.78, 5) is 0. The van der Waals surface area contributed by atoms with E-state index in [1.807, 2.05) is 0 Å². The largest absolute Gasteiger partial charge is 0.456 e. The van der Waals surface area contributed by atoms with E-state index in [0.29, 0.717) is 22.3 Å². The summed E-state index contributed by atoms with van der Waals surface area (Å²) in [6.45, 7) is 0.360. The summed E-state index contributed by atoms with van der Waals surface area (Å²) in [5.41, 5.74) is -0.240. The van der Waals surface area contributed by atoms with Gasteiger partial charge in [0.15, 0.2) is 0 Å². The average Bonchev–Trinajstić information content (AvgIpc) is 2.42. The van der Waals surface area contributed by atoms with Crippen LogP contribution >= 0.6 is 15.9 Å². The first kappa shape index (κ1) is 15.9. The monoisotopic (exact) mass is 359 g/mol. The van der Waals surface area contributed by atoms with E-state index in [1.54, 1.807) is 37.4 Å². The van der Waals surface area contributed by atoms with Crippen molar-refractivity contribution in [3.63, 3.8) is 0 Å². The third-order valence-corrected chi connectivity index (χ3v) is 3.44. The number of halogens is 4. The predicted molar refractivity (Wildman–Crippen MR) is 78.4 cm³/mol. The zero-order valence-corrected chi connectivity index (χ0v) is 12.8. The zero-order chi connectivity index (χ0) is 15.5. The molecule has 0 aliphatic carbocycles. The second kappa shape index (κ2) is 6.49. The third kappa shape index (κ3) is 3.98. The van der Waals surface area contributed by atoms with E-state index in [4.69, 9.17) is 4.74 Å². The van der Waals surface area contributed by atoms with E-state index in [1.165, 1.54) is 6.07 Å². The van der Waals surface area contributed by atoms with Gasteiger partial charge in [0.2, 0.25) is 0 Å². The summed E-state index contributed by atoms with van der Waals surface area (Å²) in [6, 6.07) is 10.8. The minimum Gasteiger partial charge on any atom is -0.456 e. The Morgan fingerprint density at radius 3 is 2.43 bits per heavy atom. The molecule has 0 aliphatic rings. The van der Waals surface area contributed by atoms with Gasteiger partial charge in [0.1, 0.15) is 11.5 Å². The van der Waals surface area contributed by atoms with Crippen LogP contribution in [0.4, 0.5) is 13.2 Å². The van der Waals surface area contributed by atoms with Gasteiger partial charge in [-0.1, -0.05) is 18.2 Å². The van der Waals surface area contributed by atoms with Crippen molar-refractivity contribution in [1.29, 1.82) is 0 Å². The SMILES string of the molecule is CNCc1ccc(Oc2ccccc2Br)c(C(F)(F)F)c1. The molecule has 0 saturated carbocycles. The smallest absolute Gasteiger partial charge is 0.419 e. The standard InChI is InChI=1S/C15H13BrF3NO/c1-20-9-10-6-7-13(11(8-10)15(17,18)19)21-14-5-3-2-4-12(14)16/h2-8,20H,9H2,1H3. The highest BCUT2D eigenvalue weighted by Crippen LogP contribution is 2.40. The lowest BCUT2D eigenvalue weighted by molar-refractivity contribution is -0.138. The molecular formula is C15H13BrF3NO. The van der Waals surface area contributed by atoms with Crippen LogP contribution in [0.5, 0.6) is 11.5 Å². The number of nitrogens with one attached hydrogen (secondary N) is 1. The first-order valence-electron chi connectivity index (χ1n) is 6.19. The van der Waals surface area contributed by atoms with Gasteiger partial charge in [-0.2, -0.15) is 13.2 Å². The van der Waals surface area contributed by atoms with Gasteiger partial charge in [-0.05, 0) is 52.8 Å². The molecule has 0 atom stereocenters. The molecule has 0 heterocycles. The van der Waals surface area contributed by atoms with Crippen molar-refractivity contribution in [2.45, 2.75) is 12.7 Å². The molecule has 21 heavy (non-hydrogen) atoms. The van der Waals surface area contributed by atoms with Crippen molar-refractivity contribution in [2.75, 3.05) is 7.05 Å². The fourth-order valence-corrected chi connectivity index (χ4v) is 2.21. The molecule has 2 aromatic rings. The van der Waals surface area contributed by atoms with Crippen LogP contribution in [-0.2, 0) is 12.7 Å². The summed E-state index contributed by atoms with van der Waals surface area (Å²) in [5, 5.41) is 2.83. The normalized spacial score (nSPS) is 11.5. The molecule has 2 rings (SSSR count). The molecule has 2 aromatic carbocycles. The fourth-order valence-electron chi connectivity index (χ4n) is 1.85. The maximum Gasteiger partial charge on any atom is 0.419 e. The highest BCUT2D eigenvalue weighted by atomic mass is 79.9. The molecule has 0 radical (unpaired) electrons. The van der Waals surface area contributed by atoms with Crippen LogP contribution in [0.25, 0.3) is 0 Å². The van der Waals surface area contributed by atoms with E-state index in [0.717, 1.165) is 6.07 Å². The Kier molecular flexibility index (Phi) is 4.90. The van der Waals surface area contributed by atoms with Crippen LogP contribution in [0, 0.1) is 0 Å². The van der Waals surface area contributed by atoms with Crippen LogP contribution in [0.1, 0.15) is 11.1 Å². The van der Waals surface area contributed by atoms with Gasteiger partial charge in [-0.3, -0.25) is 0 Å². The van der Waals surface area contributed by atoms with Crippen molar-refractivity contribution in [2.24, 2.45) is 0 Å². The van der Waals surface area contributed by atoms with Crippen LogP contribution < -0.4 is 10.1 Å². The second-order valence-corrected chi connectivity index (χ2v) is 5.25. The molecule has 0 aromatic heterocycles. The quantitative estimate of drug-likeness (QED) is 0.831. The van der Waals surface area contributed by atoms with E-state index in [-0.39, 0.29) is 5.75 Å². The Bertz CT molecular complexity index is 629. The highest BCUT2D eigenvalue weighted by molar-refractivity contribution is 9.10. The van der Waals surface area contributed by atoms with Crippen LogP contribution in [0.2, 0.25) is 0 Å². The van der Waals surface area contributed by atoms with Crippen molar-refractivity contribution >= 4 is 15.9 Å². The number of alkyl halides is 3. The summed E-state index contributed by atoms with van der Waals surface area (Å²) >= 11 is 3.25. The van der Waals surface area contributed by atoms with Gasteiger partial charge in [0.25, 0.3) is 0 Å². The number of para-hydroxylation sites is 1. The Labute approximate surface area is 129 Å². The minimum absolute atomic E-state index is 0.214. The highest BCUT2D eigenvalue weighted by Gasteiger charge is 2.35. The summed E-state index contributed by atoms with van der Waals surface area (Å²) in [6.07, 6.45) is -4.47. The summed E-state index contributed by atoms with van der Waals surface area (Å²) in [7, 11) is 1.68. The van der Waals surface area contributed by atoms with Gasteiger partial charge >= 0.3 is 6.18 Å². The maximum atomic E-state index is 13.2. The Morgan fingerprint density at radius 2 is 1.81 bits per heavy atom. The first-order chi connectivity index (χ1) is 9.91. The summed E-state index contributed by atoms with van der Waals surface area (Å²) in [5.74, 6) is 0.124. The van der Waals surface area contributed by atoms with Gasteiger partial charge in [0, 0.05) is 6.54 Å². The second-order valence-electron chi connectivity index (χ2n) is 4.39. The Balaban J connectivity index is 2.41. The van der Waals surface area contributed by atoms with E-state index < -0.39 is 11.7 Å². The molecular weight excluding hydrogens is 347 g/mol. The van der Waals surface area contributed by atoms with Crippen molar-refractivity contribution < 1.29 is 17.9 Å². The van der Waals surface area contributed by atoms with E-state index >= 15 is 0 Å². The van der Waals surface area contributed by atoms with Crippen LogP contribution in [0.3, 0.4) is 0 Å². The molecule has 0 spiro atoms. The molecule has 6 heteroatoms. The Hall–Kier alpha value is -1.53. The van der Waals surface area contributed by atoms with Crippen molar-refractivity contribution in [1.82, 2.24) is 5.32 Å². The number of benzene rings is 2. The van der Waals surface area contributed by atoms with Gasteiger partial charge in [-0.25, -0.2) is 0 Å². The third-order valence-electron chi connectivity index (χ3n) is 2.79. The van der Waals surface area contributed by atoms with Gasteiger partial charge < -0.3 is 10.1 Å². The number of rotatable bonds is 4. The molecule has 2 nitrogen and oxygen atoms in total. The van der Waals surface area contributed by atoms with E-state index in [2.05, 4.69) is 21.2 Å². The fraction of sp³-hybridized carbons (Fsp3) is 0.200. The lowest BCUT2D eigenvalue weighted by atomic mass is 10.1. The van der Waals surface area contributed by atoms with Crippen molar-refractivity contribution in [3.8, 4) is 11.5 Å². The molecule has 0 saturated heterocycles. The predicted octanol–water partition coefficient (Wildman–Crippen LogP) is 4.98. The maximum absolute atomic E-state index is 13.2.